The minimum absolute atomic E-state index is 0.130. The van der Waals surface area contributed by atoms with Gasteiger partial charge in [0.1, 0.15) is 23.2 Å². The van der Waals surface area contributed by atoms with Gasteiger partial charge in [-0.15, -0.1) is 0 Å². The zero-order chi connectivity index (χ0) is 14.9. The second-order valence-electron chi connectivity index (χ2n) is 6.04. The van der Waals surface area contributed by atoms with E-state index in [1.807, 2.05) is 27.7 Å². The van der Waals surface area contributed by atoms with Crippen LogP contribution in [0.15, 0.2) is 18.2 Å². The molecule has 20 heavy (non-hydrogen) atoms. The Labute approximate surface area is 119 Å². The maximum Gasteiger partial charge on any atom is 0.410 e. The minimum Gasteiger partial charge on any atom is -0.507 e. The number of rotatable bonds is 0. The number of phenolic OH excluding ortho intramolecular Hbond substituents is 1. The Bertz CT molecular complexity index is 507. The number of phenols is 1. The maximum atomic E-state index is 12.2. The van der Waals surface area contributed by atoms with Gasteiger partial charge in [-0.1, -0.05) is 6.07 Å². The maximum absolute atomic E-state index is 12.2. The summed E-state index contributed by atoms with van der Waals surface area (Å²) in [7, 11) is 0. The summed E-state index contributed by atoms with van der Waals surface area (Å²) in [4.78, 5) is 13.8. The molecular formula is C15H21NO4. The van der Waals surface area contributed by atoms with Gasteiger partial charge in [-0.3, -0.25) is 4.90 Å². The monoisotopic (exact) mass is 279 g/mol. The molecule has 0 radical (unpaired) electrons. The van der Waals surface area contributed by atoms with Gasteiger partial charge in [0.25, 0.3) is 0 Å². The first-order valence-corrected chi connectivity index (χ1v) is 6.72. The predicted octanol–water partition coefficient (Wildman–Crippen LogP) is 2.91. The van der Waals surface area contributed by atoms with E-state index in [-0.39, 0.29) is 18.4 Å². The lowest BCUT2D eigenvalue weighted by atomic mass is 10.1. The first-order valence-electron chi connectivity index (χ1n) is 6.72. The molecule has 5 nitrogen and oxygen atoms in total. The van der Waals surface area contributed by atoms with Crippen molar-refractivity contribution in [3.8, 4) is 11.5 Å². The molecule has 0 fully saturated rings. The molecule has 1 heterocycles. The first kappa shape index (κ1) is 14.5. The van der Waals surface area contributed by atoms with Gasteiger partial charge in [-0.2, -0.15) is 0 Å². The Morgan fingerprint density at radius 2 is 2.15 bits per heavy atom. The van der Waals surface area contributed by atoms with Crippen molar-refractivity contribution in [2.24, 2.45) is 0 Å². The van der Waals surface area contributed by atoms with Crippen LogP contribution in [0.3, 0.4) is 0 Å². The number of benzene rings is 1. The van der Waals surface area contributed by atoms with Crippen molar-refractivity contribution in [2.45, 2.75) is 45.9 Å². The molecule has 0 bridgehead atoms. The summed E-state index contributed by atoms with van der Waals surface area (Å²) in [6, 6.07) is 5.11. The van der Waals surface area contributed by atoms with Gasteiger partial charge in [0.05, 0.1) is 18.7 Å². The van der Waals surface area contributed by atoms with E-state index in [1.54, 1.807) is 23.1 Å². The number of amides is 1. The molecule has 0 spiro atoms. The van der Waals surface area contributed by atoms with E-state index in [0.29, 0.717) is 17.9 Å². The van der Waals surface area contributed by atoms with Crippen LogP contribution in [0, 0.1) is 0 Å². The average Bonchev–Trinajstić information content (AvgIpc) is 2.46. The number of nitrogens with zero attached hydrogens (tertiary/aromatic N) is 1. The molecule has 1 N–H and O–H groups in total. The molecule has 0 saturated heterocycles. The standard InChI is InChI=1S/C15H21NO4/c1-10-8-16(14(18)20-15(2,3)4)9-11-12(17)6-5-7-13(11)19-10/h5-7,10,17H,8-9H2,1-4H3/t10-/m1/s1. The van der Waals surface area contributed by atoms with E-state index in [4.69, 9.17) is 9.47 Å². The molecule has 5 heteroatoms. The highest BCUT2D eigenvalue weighted by atomic mass is 16.6. The lowest BCUT2D eigenvalue weighted by Crippen LogP contribution is -2.39. The number of carbonyl (C=O) groups is 1. The molecule has 1 amide bonds. The van der Waals surface area contributed by atoms with Crippen LogP contribution in [0.2, 0.25) is 0 Å². The lowest BCUT2D eigenvalue weighted by molar-refractivity contribution is 0.0188. The summed E-state index contributed by atoms with van der Waals surface area (Å²) < 4.78 is 11.1. The van der Waals surface area contributed by atoms with Gasteiger partial charge >= 0.3 is 6.09 Å². The topological polar surface area (TPSA) is 59.0 Å². The zero-order valence-electron chi connectivity index (χ0n) is 12.3. The summed E-state index contributed by atoms with van der Waals surface area (Å²) in [5.74, 6) is 0.744. The van der Waals surface area contributed by atoms with E-state index in [2.05, 4.69) is 0 Å². The van der Waals surface area contributed by atoms with Crippen LogP contribution >= 0.6 is 0 Å². The summed E-state index contributed by atoms with van der Waals surface area (Å²) >= 11 is 0. The third-order valence-corrected chi connectivity index (χ3v) is 2.91. The molecule has 0 saturated carbocycles. The van der Waals surface area contributed by atoms with Crippen molar-refractivity contribution in [3.63, 3.8) is 0 Å². The average molecular weight is 279 g/mol. The fourth-order valence-electron chi connectivity index (χ4n) is 2.11. The Kier molecular flexibility index (Phi) is 3.79. The van der Waals surface area contributed by atoms with Gasteiger partial charge in [-0.25, -0.2) is 4.79 Å². The number of hydrogen-bond donors (Lipinski definition) is 1. The van der Waals surface area contributed by atoms with E-state index in [1.165, 1.54) is 0 Å². The predicted molar refractivity (Wildman–Crippen MR) is 74.8 cm³/mol. The second-order valence-corrected chi connectivity index (χ2v) is 6.04. The van der Waals surface area contributed by atoms with Crippen LogP contribution < -0.4 is 4.74 Å². The van der Waals surface area contributed by atoms with Crippen molar-refractivity contribution in [1.29, 1.82) is 0 Å². The Balaban J connectivity index is 2.25. The normalized spacial score (nSPS) is 18.8. The van der Waals surface area contributed by atoms with Crippen molar-refractivity contribution >= 4 is 6.09 Å². The van der Waals surface area contributed by atoms with Crippen LogP contribution in [-0.2, 0) is 11.3 Å². The zero-order valence-corrected chi connectivity index (χ0v) is 12.3. The summed E-state index contributed by atoms with van der Waals surface area (Å²) in [6.45, 7) is 8.07. The van der Waals surface area contributed by atoms with Crippen LogP contribution in [-0.4, -0.2) is 34.3 Å². The fraction of sp³-hybridized carbons (Fsp3) is 0.533. The van der Waals surface area contributed by atoms with Crippen molar-refractivity contribution in [3.05, 3.63) is 23.8 Å². The molecule has 1 aliphatic rings. The van der Waals surface area contributed by atoms with E-state index >= 15 is 0 Å². The largest absolute Gasteiger partial charge is 0.507 e. The van der Waals surface area contributed by atoms with Crippen molar-refractivity contribution < 1.29 is 19.4 Å². The molecule has 0 aliphatic carbocycles. The number of aromatic hydroxyl groups is 1. The number of ether oxygens (including phenoxy) is 2. The van der Waals surface area contributed by atoms with Gasteiger partial charge in [-0.05, 0) is 39.8 Å². The fourth-order valence-corrected chi connectivity index (χ4v) is 2.11. The minimum atomic E-state index is -0.547. The Hall–Kier alpha value is -1.91. The van der Waals surface area contributed by atoms with Crippen molar-refractivity contribution in [2.75, 3.05) is 6.54 Å². The molecule has 1 aromatic rings. The van der Waals surface area contributed by atoms with E-state index in [9.17, 15) is 9.90 Å². The van der Waals surface area contributed by atoms with Crippen molar-refractivity contribution in [1.82, 2.24) is 4.90 Å². The second kappa shape index (κ2) is 5.23. The number of hydrogen-bond acceptors (Lipinski definition) is 4. The lowest BCUT2D eigenvalue weighted by Gasteiger charge is -2.27. The molecule has 2 rings (SSSR count). The Morgan fingerprint density at radius 1 is 1.45 bits per heavy atom. The van der Waals surface area contributed by atoms with Gasteiger partial charge in [0, 0.05) is 0 Å². The number of fused-ring (bicyclic) bond motifs is 1. The summed E-state index contributed by atoms with van der Waals surface area (Å²) in [5, 5.41) is 9.94. The van der Waals surface area contributed by atoms with Gasteiger partial charge in [0.2, 0.25) is 0 Å². The SMILES string of the molecule is C[C@@H]1CN(C(=O)OC(C)(C)C)Cc2c(O)cccc2O1. The highest BCUT2D eigenvalue weighted by molar-refractivity contribution is 5.68. The van der Waals surface area contributed by atoms with Crippen LogP contribution in [0.5, 0.6) is 11.5 Å². The molecule has 1 atom stereocenters. The summed E-state index contributed by atoms with van der Waals surface area (Å²) in [5.41, 5.74) is 0.0670. The highest BCUT2D eigenvalue weighted by Gasteiger charge is 2.28. The molecule has 110 valence electrons. The first-order chi connectivity index (χ1) is 9.26. The summed E-state index contributed by atoms with van der Waals surface area (Å²) in [6.07, 6.45) is -0.561. The van der Waals surface area contributed by atoms with E-state index < -0.39 is 11.7 Å². The molecule has 0 unspecified atom stereocenters. The van der Waals surface area contributed by atoms with Gasteiger partial charge < -0.3 is 14.6 Å². The molecule has 0 aromatic heterocycles. The van der Waals surface area contributed by atoms with Crippen LogP contribution in [0.25, 0.3) is 0 Å². The quantitative estimate of drug-likeness (QED) is 0.793. The third-order valence-electron chi connectivity index (χ3n) is 2.91. The smallest absolute Gasteiger partial charge is 0.410 e. The van der Waals surface area contributed by atoms with E-state index in [0.717, 1.165) is 0 Å². The van der Waals surface area contributed by atoms with Gasteiger partial charge in [0.15, 0.2) is 0 Å². The number of carbonyl (C=O) groups excluding carboxylic acids is 1. The third kappa shape index (κ3) is 3.35. The molecular weight excluding hydrogens is 258 g/mol. The van der Waals surface area contributed by atoms with Crippen LogP contribution in [0.4, 0.5) is 4.79 Å². The molecule has 1 aromatic carbocycles. The molecule has 1 aliphatic heterocycles. The highest BCUT2D eigenvalue weighted by Crippen LogP contribution is 2.32. The van der Waals surface area contributed by atoms with Crippen LogP contribution in [0.1, 0.15) is 33.3 Å². The Morgan fingerprint density at radius 3 is 2.80 bits per heavy atom.